The number of aryl methyl sites for hydroxylation is 1. The van der Waals surface area contributed by atoms with Crippen LogP contribution in [0.3, 0.4) is 0 Å². The van der Waals surface area contributed by atoms with E-state index in [9.17, 15) is 4.39 Å². The van der Waals surface area contributed by atoms with E-state index < -0.39 is 0 Å². The van der Waals surface area contributed by atoms with Crippen LogP contribution in [0, 0.1) is 12.7 Å². The van der Waals surface area contributed by atoms with Crippen molar-refractivity contribution in [2.75, 3.05) is 6.54 Å². The molecule has 0 spiro atoms. The Labute approximate surface area is 133 Å². The molecule has 4 heteroatoms. The molecule has 112 valence electrons. The van der Waals surface area contributed by atoms with Gasteiger partial charge in [-0.3, -0.25) is 4.98 Å². The zero-order chi connectivity index (χ0) is 15.2. The van der Waals surface area contributed by atoms with E-state index in [1.165, 1.54) is 11.6 Å². The number of aromatic nitrogens is 1. The topological polar surface area (TPSA) is 24.9 Å². The molecule has 0 fully saturated rings. The minimum absolute atomic E-state index is 0.167. The predicted octanol–water partition coefficient (Wildman–Crippen LogP) is 4.58. The Bertz CT molecular complexity index is 581. The van der Waals surface area contributed by atoms with Gasteiger partial charge in [-0.2, -0.15) is 0 Å². The minimum Gasteiger partial charge on any atom is -0.310 e. The molecule has 1 unspecified atom stereocenters. The van der Waals surface area contributed by atoms with Gasteiger partial charge in [0.2, 0.25) is 0 Å². The maximum Gasteiger partial charge on any atom is 0.124 e. The van der Waals surface area contributed by atoms with Gasteiger partial charge < -0.3 is 5.32 Å². The number of hydrogen-bond donors (Lipinski definition) is 1. The molecule has 1 atom stereocenters. The van der Waals surface area contributed by atoms with E-state index in [4.69, 9.17) is 0 Å². The third-order valence-electron chi connectivity index (χ3n) is 3.33. The molecular formula is C17H20BrFN2. The maximum atomic E-state index is 13.5. The molecule has 0 amide bonds. The molecule has 1 N–H and O–H groups in total. The Morgan fingerprint density at radius 1 is 1.29 bits per heavy atom. The lowest BCUT2D eigenvalue weighted by Gasteiger charge is -2.19. The van der Waals surface area contributed by atoms with Gasteiger partial charge >= 0.3 is 0 Å². The number of benzene rings is 1. The smallest absolute Gasteiger partial charge is 0.124 e. The first kappa shape index (κ1) is 16.1. The number of pyridine rings is 1. The molecule has 21 heavy (non-hydrogen) atoms. The van der Waals surface area contributed by atoms with Crippen LogP contribution in [0.2, 0.25) is 0 Å². The van der Waals surface area contributed by atoms with Crippen molar-refractivity contribution >= 4 is 15.9 Å². The summed E-state index contributed by atoms with van der Waals surface area (Å²) in [6.45, 7) is 5.06. The van der Waals surface area contributed by atoms with Crippen molar-refractivity contribution in [2.45, 2.75) is 32.7 Å². The first-order chi connectivity index (χ1) is 10.1. The summed E-state index contributed by atoms with van der Waals surface area (Å²) < 4.78 is 14.3. The van der Waals surface area contributed by atoms with Crippen LogP contribution in [0.25, 0.3) is 0 Å². The highest BCUT2D eigenvalue weighted by molar-refractivity contribution is 9.10. The molecule has 0 aliphatic carbocycles. The van der Waals surface area contributed by atoms with Crippen molar-refractivity contribution in [1.29, 1.82) is 0 Å². The van der Waals surface area contributed by atoms with Crippen LogP contribution in [0.15, 0.2) is 41.0 Å². The van der Waals surface area contributed by atoms with E-state index in [0.717, 1.165) is 35.1 Å². The molecule has 0 radical (unpaired) electrons. The largest absolute Gasteiger partial charge is 0.310 e. The second kappa shape index (κ2) is 7.66. The second-order valence-corrected chi connectivity index (χ2v) is 6.13. The maximum absolute atomic E-state index is 13.5. The van der Waals surface area contributed by atoms with Gasteiger partial charge in [0.25, 0.3) is 0 Å². The Hall–Kier alpha value is -1.26. The lowest BCUT2D eigenvalue weighted by molar-refractivity contribution is 0.526. The Kier molecular flexibility index (Phi) is 5.88. The van der Waals surface area contributed by atoms with Crippen LogP contribution < -0.4 is 5.32 Å². The number of hydrogen-bond acceptors (Lipinski definition) is 2. The fourth-order valence-corrected chi connectivity index (χ4v) is 2.89. The number of rotatable bonds is 6. The van der Waals surface area contributed by atoms with Gasteiger partial charge in [-0.1, -0.05) is 22.9 Å². The zero-order valence-corrected chi connectivity index (χ0v) is 14.0. The average Bonchev–Trinajstić information content (AvgIpc) is 2.42. The summed E-state index contributed by atoms with van der Waals surface area (Å²) in [7, 11) is 0. The van der Waals surface area contributed by atoms with Crippen molar-refractivity contribution in [3.8, 4) is 0 Å². The lowest BCUT2D eigenvalue weighted by Crippen LogP contribution is -2.24. The molecule has 0 saturated carbocycles. The van der Waals surface area contributed by atoms with E-state index in [1.54, 1.807) is 6.07 Å². The van der Waals surface area contributed by atoms with E-state index in [2.05, 4.69) is 39.2 Å². The summed E-state index contributed by atoms with van der Waals surface area (Å²) in [6, 6.07) is 9.32. The van der Waals surface area contributed by atoms with Crippen LogP contribution in [0.5, 0.6) is 0 Å². The van der Waals surface area contributed by atoms with Crippen LogP contribution in [0.4, 0.5) is 4.39 Å². The van der Waals surface area contributed by atoms with Gasteiger partial charge in [0, 0.05) is 22.4 Å². The number of halogens is 2. The fraction of sp³-hybridized carbons (Fsp3) is 0.353. The molecule has 2 aromatic rings. The fourth-order valence-electron chi connectivity index (χ4n) is 2.38. The lowest BCUT2D eigenvalue weighted by atomic mass is 9.99. The molecule has 0 saturated heterocycles. The van der Waals surface area contributed by atoms with Crippen LogP contribution in [-0.4, -0.2) is 11.5 Å². The normalized spacial score (nSPS) is 12.4. The van der Waals surface area contributed by atoms with E-state index in [0.29, 0.717) is 0 Å². The highest BCUT2D eigenvalue weighted by Crippen LogP contribution is 2.22. The van der Waals surface area contributed by atoms with Gasteiger partial charge in [-0.15, -0.1) is 0 Å². The third-order valence-corrected chi connectivity index (χ3v) is 3.78. The number of nitrogens with one attached hydrogen (secondary N) is 1. The van der Waals surface area contributed by atoms with Gasteiger partial charge in [0.15, 0.2) is 0 Å². The minimum atomic E-state index is -0.209. The first-order valence-electron chi connectivity index (χ1n) is 7.19. The van der Waals surface area contributed by atoms with Gasteiger partial charge in [0.05, 0.1) is 0 Å². The molecule has 2 rings (SSSR count). The average molecular weight is 351 g/mol. The monoisotopic (exact) mass is 350 g/mol. The Balaban J connectivity index is 2.23. The van der Waals surface area contributed by atoms with Gasteiger partial charge in [0.1, 0.15) is 5.82 Å². The molecule has 0 aliphatic heterocycles. The summed E-state index contributed by atoms with van der Waals surface area (Å²) >= 11 is 3.35. The summed E-state index contributed by atoms with van der Waals surface area (Å²) in [6.07, 6.45) is 3.64. The van der Waals surface area contributed by atoms with Crippen molar-refractivity contribution in [3.05, 3.63) is 63.6 Å². The SMILES string of the molecule is CCCNC(Cc1cc(F)cc(Br)c1)c1ccnc(C)c1. The first-order valence-corrected chi connectivity index (χ1v) is 7.98. The molecular weight excluding hydrogens is 331 g/mol. The Morgan fingerprint density at radius 3 is 2.76 bits per heavy atom. The van der Waals surface area contributed by atoms with Crippen molar-refractivity contribution in [3.63, 3.8) is 0 Å². The van der Waals surface area contributed by atoms with Crippen molar-refractivity contribution < 1.29 is 4.39 Å². The van der Waals surface area contributed by atoms with Crippen LogP contribution in [0.1, 0.15) is 36.2 Å². The highest BCUT2D eigenvalue weighted by atomic mass is 79.9. The van der Waals surface area contributed by atoms with Crippen molar-refractivity contribution in [2.24, 2.45) is 0 Å². The number of nitrogens with zero attached hydrogens (tertiary/aromatic N) is 1. The van der Waals surface area contributed by atoms with E-state index >= 15 is 0 Å². The quantitative estimate of drug-likeness (QED) is 0.824. The predicted molar refractivity (Wildman–Crippen MR) is 87.8 cm³/mol. The molecule has 0 aliphatic rings. The summed E-state index contributed by atoms with van der Waals surface area (Å²) in [5, 5.41) is 3.53. The van der Waals surface area contributed by atoms with Crippen LogP contribution >= 0.6 is 15.9 Å². The highest BCUT2D eigenvalue weighted by Gasteiger charge is 2.13. The summed E-state index contributed by atoms with van der Waals surface area (Å²) in [4.78, 5) is 4.24. The molecule has 2 nitrogen and oxygen atoms in total. The standard InChI is InChI=1S/C17H20BrFN2/c1-3-5-21-17(14-4-6-20-12(2)7-14)10-13-8-15(18)11-16(19)9-13/h4,6-9,11,17,21H,3,5,10H2,1-2H3. The van der Waals surface area contributed by atoms with Crippen LogP contribution in [-0.2, 0) is 6.42 Å². The zero-order valence-electron chi connectivity index (χ0n) is 12.4. The summed E-state index contributed by atoms with van der Waals surface area (Å²) in [5.74, 6) is -0.209. The molecule has 1 heterocycles. The third kappa shape index (κ3) is 4.90. The van der Waals surface area contributed by atoms with Crippen molar-refractivity contribution in [1.82, 2.24) is 10.3 Å². The summed E-state index contributed by atoms with van der Waals surface area (Å²) in [5.41, 5.74) is 3.16. The van der Waals surface area contributed by atoms with Gasteiger partial charge in [-0.05, 0) is 67.8 Å². The van der Waals surface area contributed by atoms with E-state index in [1.807, 2.05) is 25.3 Å². The molecule has 1 aromatic heterocycles. The van der Waals surface area contributed by atoms with Gasteiger partial charge in [-0.25, -0.2) is 4.39 Å². The molecule has 0 bridgehead atoms. The molecule has 1 aromatic carbocycles. The van der Waals surface area contributed by atoms with E-state index in [-0.39, 0.29) is 11.9 Å². The second-order valence-electron chi connectivity index (χ2n) is 5.22. The Morgan fingerprint density at radius 2 is 2.10 bits per heavy atom.